The molecule has 2 aliphatic rings. The van der Waals surface area contributed by atoms with Crippen molar-refractivity contribution >= 4 is 34.9 Å². The van der Waals surface area contributed by atoms with Crippen molar-refractivity contribution in [2.24, 2.45) is 5.92 Å². The Morgan fingerprint density at radius 3 is 2.78 bits per heavy atom. The van der Waals surface area contributed by atoms with Gasteiger partial charge in [-0.1, -0.05) is 6.07 Å². The number of amides is 2. The van der Waals surface area contributed by atoms with Crippen LogP contribution in [0.15, 0.2) is 29.2 Å². The number of aromatic nitrogens is 3. The summed E-state index contributed by atoms with van der Waals surface area (Å²) in [7, 11) is 1.52. The van der Waals surface area contributed by atoms with Crippen LogP contribution in [0.1, 0.15) is 24.2 Å². The Morgan fingerprint density at radius 2 is 2.09 bits per heavy atom. The minimum atomic E-state index is -0.468. The molecule has 9 nitrogen and oxygen atoms in total. The molecule has 0 aliphatic carbocycles. The lowest BCUT2D eigenvalue weighted by Crippen LogP contribution is -2.38. The third-order valence-corrected chi connectivity index (χ3v) is 6.06. The predicted octanol–water partition coefficient (Wildman–Crippen LogP) is 2.35. The smallest absolute Gasteiger partial charge is 0.290 e. The Morgan fingerprint density at radius 1 is 1.28 bits per heavy atom. The summed E-state index contributed by atoms with van der Waals surface area (Å²) in [4.78, 5) is 38.5. The number of pyridine rings is 1. The van der Waals surface area contributed by atoms with Crippen molar-refractivity contribution in [3.05, 3.63) is 46.5 Å². The number of hydrogen-bond acceptors (Lipinski definition) is 9. The van der Waals surface area contributed by atoms with Crippen molar-refractivity contribution in [2.45, 2.75) is 19.4 Å². The summed E-state index contributed by atoms with van der Waals surface area (Å²) in [5.74, 6) is 0.506. The van der Waals surface area contributed by atoms with Gasteiger partial charge < -0.3 is 15.0 Å². The first kappa shape index (κ1) is 22.2. The minimum absolute atomic E-state index is 0.291. The molecule has 32 heavy (non-hydrogen) atoms. The van der Waals surface area contributed by atoms with Gasteiger partial charge in [0.2, 0.25) is 17.8 Å². The maximum atomic E-state index is 13.2. The van der Waals surface area contributed by atoms with Gasteiger partial charge in [-0.15, -0.1) is 0 Å². The molecule has 11 heteroatoms. The minimum Gasteiger partial charge on any atom is -0.481 e. The second kappa shape index (κ2) is 10.0. The Labute approximate surface area is 188 Å². The summed E-state index contributed by atoms with van der Waals surface area (Å²) in [6.45, 7) is 2.91. The number of imide groups is 1. The summed E-state index contributed by atoms with van der Waals surface area (Å²) in [6.07, 6.45) is 3.47. The molecule has 0 spiro atoms. The zero-order valence-corrected chi connectivity index (χ0v) is 18.3. The standard InChI is InChI=1S/C21H23FN6O3S/c1-31-18-10-15(9-16-19(29)27-21(30)32-16)25-20(26-18)28-7-5-13(6-8-28)11-23-12-14-3-2-4-17(22)24-14/h2-4,9-10,13,23H,5-8,11-12H2,1H3,(H,27,29,30). The number of carbonyl (C=O) groups excluding carboxylic acids is 2. The number of nitrogens with zero attached hydrogens (tertiary/aromatic N) is 4. The maximum Gasteiger partial charge on any atom is 0.290 e. The highest BCUT2D eigenvalue weighted by Crippen LogP contribution is 2.27. The van der Waals surface area contributed by atoms with Crippen LogP contribution in [0.25, 0.3) is 6.08 Å². The lowest BCUT2D eigenvalue weighted by Gasteiger charge is -2.32. The van der Waals surface area contributed by atoms with Crippen molar-refractivity contribution in [1.29, 1.82) is 0 Å². The fraction of sp³-hybridized carbons (Fsp3) is 0.381. The van der Waals surface area contributed by atoms with Crippen LogP contribution < -0.4 is 20.3 Å². The molecule has 0 radical (unpaired) electrons. The van der Waals surface area contributed by atoms with Gasteiger partial charge in [0.1, 0.15) is 0 Å². The van der Waals surface area contributed by atoms with Gasteiger partial charge in [0.15, 0.2) is 0 Å². The van der Waals surface area contributed by atoms with Gasteiger partial charge in [0, 0.05) is 25.7 Å². The Kier molecular flexibility index (Phi) is 6.96. The zero-order valence-electron chi connectivity index (χ0n) is 17.5. The van der Waals surface area contributed by atoms with E-state index in [1.807, 2.05) is 0 Å². The molecule has 0 atom stereocenters. The third-order valence-electron chi connectivity index (χ3n) is 5.25. The highest BCUT2D eigenvalue weighted by Gasteiger charge is 2.26. The zero-order chi connectivity index (χ0) is 22.5. The van der Waals surface area contributed by atoms with Crippen molar-refractivity contribution in [3.8, 4) is 5.88 Å². The molecule has 2 amide bonds. The molecule has 0 aromatic carbocycles. The number of nitrogens with one attached hydrogen (secondary N) is 2. The van der Waals surface area contributed by atoms with Crippen LogP contribution in [-0.2, 0) is 11.3 Å². The number of ether oxygens (including phenoxy) is 1. The average molecular weight is 459 g/mol. The first-order valence-electron chi connectivity index (χ1n) is 10.2. The summed E-state index contributed by atoms with van der Waals surface area (Å²) < 4.78 is 18.5. The number of anilines is 1. The lowest BCUT2D eigenvalue weighted by molar-refractivity contribution is -0.115. The molecule has 168 valence electrons. The molecule has 2 aliphatic heterocycles. The summed E-state index contributed by atoms with van der Waals surface area (Å²) in [5.41, 5.74) is 1.19. The summed E-state index contributed by atoms with van der Waals surface area (Å²) >= 11 is 0.845. The molecular formula is C21H23FN6O3S. The molecule has 2 N–H and O–H groups in total. The Hall–Kier alpha value is -3.05. The molecule has 2 fully saturated rings. The maximum absolute atomic E-state index is 13.2. The molecule has 4 heterocycles. The number of hydrogen-bond donors (Lipinski definition) is 2. The van der Waals surface area contributed by atoms with Crippen LogP contribution in [0, 0.1) is 11.9 Å². The molecular weight excluding hydrogens is 435 g/mol. The number of methoxy groups -OCH3 is 1. The molecule has 2 aromatic heterocycles. The van der Waals surface area contributed by atoms with E-state index < -0.39 is 17.1 Å². The van der Waals surface area contributed by atoms with Crippen LogP contribution >= 0.6 is 11.8 Å². The number of halogens is 1. The third kappa shape index (κ3) is 5.60. The lowest BCUT2D eigenvalue weighted by atomic mass is 9.97. The molecule has 2 saturated heterocycles. The first-order chi connectivity index (χ1) is 15.5. The number of carbonyl (C=O) groups is 2. The number of rotatable bonds is 7. The number of thioether (sulfide) groups is 1. The molecule has 0 saturated carbocycles. The topological polar surface area (TPSA) is 109 Å². The molecule has 4 rings (SSSR count). The van der Waals surface area contributed by atoms with Gasteiger partial charge in [-0.2, -0.15) is 9.37 Å². The van der Waals surface area contributed by atoms with Crippen molar-refractivity contribution in [2.75, 3.05) is 31.6 Å². The van der Waals surface area contributed by atoms with Crippen LogP contribution in [-0.4, -0.2) is 52.8 Å². The van der Waals surface area contributed by atoms with E-state index in [-0.39, 0.29) is 0 Å². The van der Waals surface area contributed by atoms with Crippen LogP contribution in [0.5, 0.6) is 5.88 Å². The second-order valence-electron chi connectivity index (χ2n) is 7.50. The molecule has 2 aromatic rings. The summed E-state index contributed by atoms with van der Waals surface area (Å²) in [5, 5.41) is 5.19. The Balaban J connectivity index is 1.35. The van der Waals surface area contributed by atoms with E-state index in [2.05, 4.69) is 30.5 Å². The van der Waals surface area contributed by atoms with Gasteiger partial charge in [-0.05, 0) is 55.3 Å². The van der Waals surface area contributed by atoms with E-state index in [0.717, 1.165) is 44.2 Å². The van der Waals surface area contributed by atoms with E-state index in [1.165, 1.54) is 13.2 Å². The normalized spacial score (nSPS) is 18.3. The second-order valence-corrected chi connectivity index (χ2v) is 8.52. The van der Waals surface area contributed by atoms with Crippen LogP contribution in [0.3, 0.4) is 0 Å². The first-order valence-corrected chi connectivity index (χ1v) is 11.1. The number of piperidine rings is 1. The highest BCUT2D eigenvalue weighted by atomic mass is 32.2. The Bertz CT molecular complexity index is 1040. The summed E-state index contributed by atoms with van der Waals surface area (Å²) in [6, 6.07) is 6.42. The van der Waals surface area contributed by atoms with E-state index in [9.17, 15) is 14.0 Å². The van der Waals surface area contributed by atoms with E-state index in [1.54, 1.807) is 24.3 Å². The van der Waals surface area contributed by atoms with Crippen molar-refractivity contribution < 1.29 is 18.7 Å². The van der Waals surface area contributed by atoms with E-state index in [4.69, 9.17) is 4.74 Å². The van der Waals surface area contributed by atoms with E-state index in [0.29, 0.717) is 40.6 Å². The molecule has 0 bridgehead atoms. The van der Waals surface area contributed by atoms with Gasteiger partial charge in [0.25, 0.3) is 11.1 Å². The van der Waals surface area contributed by atoms with Crippen molar-refractivity contribution in [3.63, 3.8) is 0 Å². The predicted molar refractivity (Wildman–Crippen MR) is 119 cm³/mol. The monoisotopic (exact) mass is 458 g/mol. The quantitative estimate of drug-likeness (QED) is 0.477. The highest BCUT2D eigenvalue weighted by molar-refractivity contribution is 8.18. The van der Waals surface area contributed by atoms with Crippen LogP contribution in [0.4, 0.5) is 15.1 Å². The molecule has 0 unspecified atom stereocenters. The van der Waals surface area contributed by atoms with Crippen LogP contribution in [0.2, 0.25) is 0 Å². The van der Waals surface area contributed by atoms with Gasteiger partial charge in [-0.3, -0.25) is 14.9 Å². The largest absolute Gasteiger partial charge is 0.481 e. The van der Waals surface area contributed by atoms with E-state index >= 15 is 0 Å². The fourth-order valence-electron chi connectivity index (χ4n) is 3.60. The SMILES string of the molecule is COc1cc(C=C2SC(=O)NC2=O)nc(N2CCC(CNCc3cccc(F)n3)CC2)n1. The average Bonchev–Trinajstić information content (AvgIpc) is 3.10. The van der Waals surface area contributed by atoms with Gasteiger partial charge >= 0.3 is 0 Å². The van der Waals surface area contributed by atoms with Gasteiger partial charge in [0.05, 0.1) is 23.4 Å². The van der Waals surface area contributed by atoms with Gasteiger partial charge in [-0.25, -0.2) is 9.97 Å². The van der Waals surface area contributed by atoms with Crippen molar-refractivity contribution in [1.82, 2.24) is 25.6 Å². The fourth-order valence-corrected chi connectivity index (χ4v) is 4.26.